The van der Waals surface area contributed by atoms with Crippen LogP contribution in [0.3, 0.4) is 0 Å². The molecular weight excluding hydrogens is 457 g/mol. The topological polar surface area (TPSA) is 92.7 Å². The number of Topliss-reactive ketones (excluding diaryl/α,β-unsaturated/α-hetero) is 1. The number of ether oxygens (including phenoxy) is 1. The summed E-state index contributed by atoms with van der Waals surface area (Å²) in [6, 6.07) is 19.8. The first kappa shape index (κ1) is 23.5. The first-order valence-electron chi connectivity index (χ1n) is 10.5. The third kappa shape index (κ3) is 4.68. The van der Waals surface area contributed by atoms with Crippen molar-refractivity contribution in [3.8, 4) is 5.75 Å². The zero-order valence-electron chi connectivity index (χ0n) is 18.3. The fourth-order valence-electron chi connectivity index (χ4n) is 3.91. The Labute approximate surface area is 200 Å². The van der Waals surface area contributed by atoms with Crippen LogP contribution in [-0.4, -0.2) is 40.4 Å². The number of carboxylic acid groups (broad SMARTS) is 1. The van der Waals surface area contributed by atoms with Gasteiger partial charge in [-0.05, 0) is 42.3 Å². The van der Waals surface area contributed by atoms with E-state index in [1.54, 1.807) is 48.5 Å². The van der Waals surface area contributed by atoms with Gasteiger partial charge in [-0.2, -0.15) is 0 Å². The SMILES string of the molecule is Cc1ccc(C(=O)CS[C@H]2C(=O)N[C@@]2(c2ccc(F)cc2)c2ccc(OCC(=O)O)cc2)cc1. The molecule has 34 heavy (non-hydrogen) atoms. The average molecular weight is 480 g/mol. The molecule has 0 spiro atoms. The third-order valence-electron chi connectivity index (χ3n) is 5.68. The average Bonchev–Trinajstić information content (AvgIpc) is 2.82. The van der Waals surface area contributed by atoms with Gasteiger partial charge in [0, 0.05) is 5.56 Å². The minimum absolute atomic E-state index is 0.0878. The molecule has 3 aromatic carbocycles. The van der Waals surface area contributed by atoms with Crippen molar-refractivity contribution in [1.29, 1.82) is 0 Å². The van der Waals surface area contributed by atoms with E-state index in [9.17, 15) is 18.8 Å². The first-order chi connectivity index (χ1) is 16.3. The van der Waals surface area contributed by atoms with Crippen molar-refractivity contribution >= 4 is 29.4 Å². The zero-order chi connectivity index (χ0) is 24.3. The number of hydrogen-bond acceptors (Lipinski definition) is 5. The van der Waals surface area contributed by atoms with E-state index in [1.165, 1.54) is 23.9 Å². The lowest BCUT2D eigenvalue weighted by Crippen LogP contribution is -2.69. The number of amides is 1. The van der Waals surface area contributed by atoms with Gasteiger partial charge in [-0.15, -0.1) is 11.8 Å². The second kappa shape index (κ2) is 9.69. The highest BCUT2D eigenvalue weighted by Gasteiger charge is 2.56. The Bertz CT molecular complexity index is 1210. The quantitative estimate of drug-likeness (QED) is 0.357. The summed E-state index contributed by atoms with van der Waals surface area (Å²) in [5.74, 6) is -1.34. The Hall–Kier alpha value is -3.65. The standard InChI is InChI=1S/C26H22FNO5S/c1-16-2-4-17(5-3-16)22(29)15-34-24-25(32)28-26(24,18-6-10-20(27)11-7-18)19-8-12-21(13-9-19)33-14-23(30)31/h2-13,24H,14-15H2,1H3,(H,28,32)(H,30,31)/t24-,26-/m0/s1. The molecule has 1 heterocycles. The number of benzene rings is 3. The van der Waals surface area contributed by atoms with E-state index in [0.717, 1.165) is 5.56 Å². The highest BCUT2D eigenvalue weighted by Crippen LogP contribution is 2.45. The molecule has 4 rings (SSSR count). The molecule has 2 N–H and O–H groups in total. The van der Waals surface area contributed by atoms with Crippen molar-refractivity contribution in [3.63, 3.8) is 0 Å². The van der Waals surface area contributed by atoms with Gasteiger partial charge in [0.15, 0.2) is 12.4 Å². The molecule has 0 bridgehead atoms. The predicted molar refractivity (Wildman–Crippen MR) is 127 cm³/mol. The number of carboxylic acids is 1. The number of thioether (sulfide) groups is 1. The molecule has 0 unspecified atom stereocenters. The van der Waals surface area contributed by atoms with Crippen LogP contribution in [-0.2, 0) is 15.1 Å². The number of halogens is 1. The van der Waals surface area contributed by atoms with Gasteiger partial charge in [-0.3, -0.25) is 9.59 Å². The number of β-lactam (4-membered cyclic amide) rings is 1. The Balaban J connectivity index is 1.62. The maximum Gasteiger partial charge on any atom is 0.341 e. The molecule has 0 aromatic heterocycles. The van der Waals surface area contributed by atoms with E-state index in [1.807, 2.05) is 19.1 Å². The summed E-state index contributed by atoms with van der Waals surface area (Å²) in [5.41, 5.74) is 2.03. The van der Waals surface area contributed by atoms with Gasteiger partial charge in [-0.25, -0.2) is 9.18 Å². The molecule has 1 saturated heterocycles. The maximum absolute atomic E-state index is 13.6. The molecule has 6 nitrogen and oxygen atoms in total. The predicted octanol–water partition coefficient (Wildman–Crippen LogP) is 3.96. The molecule has 1 fully saturated rings. The van der Waals surface area contributed by atoms with E-state index in [0.29, 0.717) is 22.4 Å². The van der Waals surface area contributed by atoms with Crippen molar-refractivity contribution in [2.24, 2.45) is 0 Å². The van der Waals surface area contributed by atoms with Gasteiger partial charge in [0.2, 0.25) is 5.91 Å². The van der Waals surface area contributed by atoms with E-state index >= 15 is 0 Å². The molecule has 0 radical (unpaired) electrons. The highest BCUT2D eigenvalue weighted by atomic mass is 32.2. The van der Waals surface area contributed by atoms with Crippen LogP contribution in [0.4, 0.5) is 4.39 Å². The summed E-state index contributed by atoms with van der Waals surface area (Å²) in [4.78, 5) is 36.2. The molecule has 1 amide bonds. The van der Waals surface area contributed by atoms with Gasteiger partial charge in [0.1, 0.15) is 22.4 Å². The molecule has 3 aromatic rings. The van der Waals surface area contributed by atoms with Crippen LogP contribution in [0.25, 0.3) is 0 Å². The summed E-state index contributed by atoms with van der Waals surface area (Å²) in [7, 11) is 0. The monoisotopic (exact) mass is 479 g/mol. The molecule has 1 aliphatic rings. The van der Waals surface area contributed by atoms with Gasteiger partial charge in [0.25, 0.3) is 0 Å². The first-order valence-corrected chi connectivity index (χ1v) is 11.6. The van der Waals surface area contributed by atoms with Crippen molar-refractivity contribution in [2.75, 3.05) is 12.4 Å². The number of nitrogens with one attached hydrogen (secondary N) is 1. The van der Waals surface area contributed by atoms with Gasteiger partial charge >= 0.3 is 5.97 Å². The number of carbonyl (C=O) groups excluding carboxylic acids is 2. The van der Waals surface area contributed by atoms with E-state index < -0.39 is 29.2 Å². The number of ketones is 1. The number of aliphatic carboxylic acids is 1. The molecule has 8 heteroatoms. The fourth-order valence-corrected chi connectivity index (χ4v) is 5.19. The van der Waals surface area contributed by atoms with Crippen LogP contribution in [0.15, 0.2) is 72.8 Å². The van der Waals surface area contributed by atoms with Crippen LogP contribution < -0.4 is 10.1 Å². The Kier molecular flexibility index (Phi) is 6.70. The third-order valence-corrected chi connectivity index (χ3v) is 7.01. The number of aryl methyl sites for hydroxylation is 1. The van der Waals surface area contributed by atoms with Crippen molar-refractivity contribution in [3.05, 3.63) is 101 Å². The molecular formula is C26H22FNO5S. The second-order valence-corrected chi connectivity index (χ2v) is 9.08. The second-order valence-electron chi connectivity index (χ2n) is 7.99. The smallest absolute Gasteiger partial charge is 0.341 e. The largest absolute Gasteiger partial charge is 0.482 e. The Morgan fingerprint density at radius 2 is 1.59 bits per heavy atom. The lowest BCUT2D eigenvalue weighted by atomic mass is 9.74. The number of rotatable bonds is 9. The summed E-state index contributed by atoms with van der Waals surface area (Å²) in [6.45, 7) is 1.47. The minimum Gasteiger partial charge on any atom is -0.482 e. The van der Waals surface area contributed by atoms with Gasteiger partial charge in [0.05, 0.1) is 5.75 Å². The highest BCUT2D eigenvalue weighted by molar-refractivity contribution is 8.01. The van der Waals surface area contributed by atoms with Crippen molar-refractivity contribution in [1.82, 2.24) is 5.32 Å². The molecule has 2 atom stereocenters. The van der Waals surface area contributed by atoms with Crippen LogP contribution in [0.1, 0.15) is 27.0 Å². The lowest BCUT2D eigenvalue weighted by molar-refractivity contribution is -0.139. The lowest BCUT2D eigenvalue weighted by Gasteiger charge is -2.49. The maximum atomic E-state index is 13.6. The fraction of sp³-hybridized carbons (Fsp3) is 0.192. The Morgan fingerprint density at radius 3 is 2.15 bits per heavy atom. The molecule has 1 aliphatic heterocycles. The molecule has 174 valence electrons. The van der Waals surface area contributed by atoms with E-state index in [2.05, 4.69) is 5.32 Å². The summed E-state index contributed by atoms with van der Waals surface area (Å²) in [6.07, 6.45) is 0. The van der Waals surface area contributed by atoms with Crippen LogP contribution in [0, 0.1) is 12.7 Å². The molecule has 0 aliphatic carbocycles. The summed E-state index contributed by atoms with van der Waals surface area (Å²) >= 11 is 1.23. The number of carbonyl (C=O) groups is 3. The van der Waals surface area contributed by atoms with Gasteiger partial charge < -0.3 is 15.2 Å². The summed E-state index contributed by atoms with van der Waals surface area (Å²) < 4.78 is 18.9. The van der Waals surface area contributed by atoms with Crippen LogP contribution >= 0.6 is 11.8 Å². The Morgan fingerprint density at radius 1 is 1.00 bits per heavy atom. The van der Waals surface area contributed by atoms with E-state index in [4.69, 9.17) is 9.84 Å². The van der Waals surface area contributed by atoms with Crippen molar-refractivity contribution < 1.29 is 28.6 Å². The number of hydrogen-bond donors (Lipinski definition) is 2. The van der Waals surface area contributed by atoms with Crippen LogP contribution in [0.2, 0.25) is 0 Å². The zero-order valence-corrected chi connectivity index (χ0v) is 19.1. The summed E-state index contributed by atoms with van der Waals surface area (Å²) in [5, 5.41) is 11.2. The normalized spacial score (nSPS) is 19.1. The van der Waals surface area contributed by atoms with Gasteiger partial charge in [-0.1, -0.05) is 54.1 Å². The van der Waals surface area contributed by atoms with Crippen LogP contribution in [0.5, 0.6) is 5.75 Å². The van der Waals surface area contributed by atoms with Crippen molar-refractivity contribution in [2.45, 2.75) is 17.7 Å². The minimum atomic E-state index is -1.09. The molecule has 0 saturated carbocycles. The van der Waals surface area contributed by atoms with E-state index in [-0.39, 0.29) is 17.4 Å².